The van der Waals surface area contributed by atoms with Crippen LogP contribution in [0.2, 0.25) is 0 Å². The number of aryl methyl sites for hydroxylation is 2. The maximum atomic E-state index is 12.4. The SMILES string of the molecule is Cn1ncc2cc(CC(NC(=O)CCn3c(=O)sc4ccccc43)B(O)O)ccc21. The third kappa shape index (κ3) is 4.16. The highest BCUT2D eigenvalue weighted by atomic mass is 32.1. The molecule has 2 aromatic carbocycles. The number of rotatable bonds is 7. The minimum absolute atomic E-state index is 0.0610. The van der Waals surface area contributed by atoms with Gasteiger partial charge in [-0.15, -0.1) is 0 Å². The number of amides is 1. The molecule has 2 aromatic heterocycles. The van der Waals surface area contributed by atoms with Gasteiger partial charge in [0.15, 0.2) is 0 Å². The van der Waals surface area contributed by atoms with E-state index in [2.05, 4.69) is 10.4 Å². The van der Waals surface area contributed by atoms with Gasteiger partial charge >= 0.3 is 12.0 Å². The van der Waals surface area contributed by atoms with Crippen molar-refractivity contribution in [3.63, 3.8) is 0 Å². The van der Waals surface area contributed by atoms with Gasteiger partial charge in [0, 0.05) is 25.4 Å². The summed E-state index contributed by atoms with van der Waals surface area (Å²) < 4.78 is 4.20. The number of nitrogens with one attached hydrogen (secondary N) is 1. The Labute approximate surface area is 176 Å². The largest absolute Gasteiger partial charge is 0.475 e. The summed E-state index contributed by atoms with van der Waals surface area (Å²) in [6.07, 6.45) is 2.06. The molecule has 0 fully saturated rings. The van der Waals surface area contributed by atoms with E-state index in [-0.39, 0.29) is 30.2 Å². The first-order chi connectivity index (χ1) is 14.4. The minimum atomic E-state index is -1.71. The highest BCUT2D eigenvalue weighted by Gasteiger charge is 2.26. The molecular weight excluding hydrogens is 403 g/mol. The van der Waals surface area contributed by atoms with Gasteiger partial charge < -0.3 is 15.4 Å². The van der Waals surface area contributed by atoms with Crippen LogP contribution in [0.3, 0.4) is 0 Å². The number of carbonyl (C=O) groups is 1. The number of fused-ring (bicyclic) bond motifs is 2. The molecule has 0 aliphatic carbocycles. The van der Waals surface area contributed by atoms with Gasteiger partial charge in [-0.1, -0.05) is 29.5 Å². The van der Waals surface area contributed by atoms with Crippen LogP contribution in [0, 0.1) is 0 Å². The van der Waals surface area contributed by atoms with Crippen LogP contribution in [0.25, 0.3) is 21.1 Å². The van der Waals surface area contributed by atoms with Gasteiger partial charge in [0.1, 0.15) is 0 Å². The standard InChI is InChI=1S/C20H21BN4O4S/c1-24-15-7-6-13(10-14(15)12-22-24)11-18(21(28)29)23-19(26)8-9-25-16-4-2-3-5-17(16)30-20(25)27/h2-7,10,12,18,28-29H,8-9,11H2,1H3,(H,23,26). The van der Waals surface area contributed by atoms with Gasteiger partial charge in [0.2, 0.25) is 5.91 Å². The van der Waals surface area contributed by atoms with Crippen LogP contribution in [-0.4, -0.2) is 43.4 Å². The summed E-state index contributed by atoms with van der Waals surface area (Å²) in [7, 11) is 0.146. The summed E-state index contributed by atoms with van der Waals surface area (Å²) in [5.41, 5.74) is 2.62. The Balaban J connectivity index is 1.42. The Kier molecular flexibility index (Phi) is 5.71. The van der Waals surface area contributed by atoms with Gasteiger partial charge in [-0.25, -0.2) is 0 Å². The summed E-state index contributed by atoms with van der Waals surface area (Å²) in [6.45, 7) is 0.227. The van der Waals surface area contributed by atoms with Crippen molar-refractivity contribution in [2.75, 3.05) is 0 Å². The molecule has 2 heterocycles. The number of thiazole rings is 1. The number of nitrogens with zero attached hydrogens (tertiary/aromatic N) is 3. The van der Waals surface area contributed by atoms with Crippen molar-refractivity contribution in [3.05, 3.63) is 63.9 Å². The number of para-hydroxylation sites is 1. The van der Waals surface area contributed by atoms with Gasteiger partial charge in [-0.3, -0.25) is 18.8 Å². The molecule has 1 amide bonds. The number of benzene rings is 2. The molecule has 1 atom stereocenters. The van der Waals surface area contributed by atoms with Gasteiger partial charge in [-0.05, 0) is 36.2 Å². The Morgan fingerprint density at radius 3 is 2.83 bits per heavy atom. The van der Waals surface area contributed by atoms with E-state index in [1.165, 1.54) is 0 Å². The third-order valence-electron chi connectivity index (χ3n) is 5.11. The van der Waals surface area contributed by atoms with E-state index in [1.54, 1.807) is 15.4 Å². The van der Waals surface area contributed by atoms with E-state index in [4.69, 9.17) is 0 Å². The summed E-state index contributed by atoms with van der Waals surface area (Å²) in [5.74, 6) is -1.21. The van der Waals surface area contributed by atoms with Crippen molar-refractivity contribution >= 4 is 45.5 Å². The molecule has 8 nitrogen and oxygen atoms in total. The molecule has 10 heteroatoms. The molecule has 0 saturated carbocycles. The van der Waals surface area contributed by atoms with Gasteiger partial charge in [0.05, 0.1) is 27.9 Å². The molecule has 4 aromatic rings. The second-order valence-corrected chi connectivity index (χ2v) is 8.18. The Morgan fingerprint density at radius 1 is 1.23 bits per heavy atom. The molecule has 4 rings (SSSR count). The molecule has 30 heavy (non-hydrogen) atoms. The molecule has 0 bridgehead atoms. The molecule has 154 valence electrons. The van der Waals surface area contributed by atoms with E-state index in [0.29, 0.717) is 0 Å². The van der Waals surface area contributed by atoms with Crippen LogP contribution < -0.4 is 10.2 Å². The second kappa shape index (κ2) is 8.43. The smallest absolute Gasteiger partial charge is 0.426 e. The zero-order valence-corrected chi connectivity index (χ0v) is 17.2. The van der Waals surface area contributed by atoms with Crippen molar-refractivity contribution in [3.8, 4) is 0 Å². The van der Waals surface area contributed by atoms with E-state index >= 15 is 0 Å². The third-order valence-corrected chi connectivity index (χ3v) is 6.07. The van der Waals surface area contributed by atoms with Crippen LogP contribution >= 0.6 is 11.3 Å². The zero-order valence-electron chi connectivity index (χ0n) is 16.4. The van der Waals surface area contributed by atoms with Crippen molar-refractivity contribution < 1.29 is 14.8 Å². The van der Waals surface area contributed by atoms with E-state index in [1.807, 2.05) is 49.5 Å². The van der Waals surface area contributed by atoms with Gasteiger partial charge in [0.25, 0.3) is 0 Å². The lowest BCUT2D eigenvalue weighted by Crippen LogP contribution is -2.48. The van der Waals surface area contributed by atoms with Crippen LogP contribution in [-0.2, 0) is 24.8 Å². The molecule has 3 N–H and O–H groups in total. The summed E-state index contributed by atoms with van der Waals surface area (Å²) >= 11 is 1.14. The maximum Gasteiger partial charge on any atom is 0.475 e. The van der Waals surface area contributed by atoms with Crippen LogP contribution in [0.4, 0.5) is 0 Å². The zero-order chi connectivity index (χ0) is 21.3. The Hall–Kier alpha value is -2.95. The molecule has 0 saturated heterocycles. The Morgan fingerprint density at radius 2 is 2.03 bits per heavy atom. The monoisotopic (exact) mass is 424 g/mol. The summed E-state index contributed by atoms with van der Waals surface area (Å²) in [5, 5.41) is 27.3. The first-order valence-corrected chi connectivity index (χ1v) is 10.4. The predicted octanol–water partition coefficient (Wildman–Crippen LogP) is 1.08. The molecule has 0 radical (unpaired) electrons. The Bertz CT molecular complexity index is 1260. The fraction of sp³-hybridized carbons (Fsp3) is 0.250. The highest BCUT2D eigenvalue weighted by molar-refractivity contribution is 7.16. The molecule has 0 aliphatic rings. The van der Waals surface area contributed by atoms with E-state index in [9.17, 15) is 19.6 Å². The normalized spacial score (nSPS) is 12.4. The number of hydrogen-bond donors (Lipinski definition) is 3. The topological polar surface area (TPSA) is 109 Å². The van der Waals surface area contributed by atoms with E-state index in [0.717, 1.165) is 38.0 Å². The molecule has 0 aliphatic heterocycles. The van der Waals surface area contributed by atoms with Crippen molar-refractivity contribution in [1.82, 2.24) is 19.7 Å². The molecule has 0 spiro atoms. The first-order valence-electron chi connectivity index (χ1n) is 9.57. The fourth-order valence-electron chi connectivity index (χ4n) is 3.54. The van der Waals surface area contributed by atoms with Gasteiger partial charge in [-0.2, -0.15) is 5.10 Å². The minimum Gasteiger partial charge on any atom is -0.426 e. The number of aromatic nitrogens is 3. The second-order valence-electron chi connectivity index (χ2n) is 7.19. The first kappa shape index (κ1) is 20.3. The average molecular weight is 424 g/mol. The summed E-state index contributed by atoms with van der Waals surface area (Å²) in [4.78, 5) is 24.5. The van der Waals surface area contributed by atoms with Crippen molar-refractivity contribution in [2.24, 2.45) is 7.05 Å². The van der Waals surface area contributed by atoms with Crippen LogP contribution in [0.15, 0.2) is 53.5 Å². The predicted molar refractivity (Wildman–Crippen MR) is 117 cm³/mol. The molecule has 1 unspecified atom stereocenters. The lowest BCUT2D eigenvalue weighted by molar-refractivity contribution is -0.121. The highest BCUT2D eigenvalue weighted by Crippen LogP contribution is 2.18. The maximum absolute atomic E-state index is 12.4. The fourth-order valence-corrected chi connectivity index (χ4v) is 4.46. The van der Waals surface area contributed by atoms with Crippen LogP contribution in [0.1, 0.15) is 12.0 Å². The lowest BCUT2D eigenvalue weighted by atomic mass is 9.75. The average Bonchev–Trinajstić information content (AvgIpc) is 3.24. The van der Waals surface area contributed by atoms with E-state index < -0.39 is 13.1 Å². The molecular formula is C20H21BN4O4S. The number of carbonyl (C=O) groups excluding carboxylic acids is 1. The van der Waals surface area contributed by atoms with Crippen molar-refractivity contribution in [2.45, 2.75) is 25.3 Å². The van der Waals surface area contributed by atoms with Crippen molar-refractivity contribution in [1.29, 1.82) is 0 Å². The quantitative estimate of drug-likeness (QED) is 0.385. The summed E-state index contributed by atoms with van der Waals surface area (Å²) in [6, 6.07) is 13.1. The lowest BCUT2D eigenvalue weighted by Gasteiger charge is -2.18. The van der Waals surface area contributed by atoms with Crippen LogP contribution in [0.5, 0.6) is 0 Å². The number of hydrogen-bond acceptors (Lipinski definition) is 6.